The number of hydrogen-bond donors (Lipinski definition) is 1. The minimum absolute atomic E-state index is 0.0236. The molecule has 26 heavy (non-hydrogen) atoms. The van der Waals surface area contributed by atoms with E-state index in [0.29, 0.717) is 13.1 Å². The fourth-order valence-corrected chi connectivity index (χ4v) is 3.90. The summed E-state index contributed by atoms with van der Waals surface area (Å²) in [5, 5.41) is 3.59. The topological polar surface area (TPSA) is 41.6 Å². The third kappa shape index (κ3) is 3.44. The quantitative estimate of drug-likeness (QED) is 0.920. The molecule has 2 atom stereocenters. The summed E-state index contributed by atoms with van der Waals surface area (Å²) in [7, 11) is 0. The molecule has 5 heteroatoms. The number of nitrogens with zero attached hydrogens (tertiary/aromatic N) is 1. The monoisotopic (exact) mass is 354 g/mol. The number of rotatable bonds is 3. The number of carbonyl (C=O) groups is 1. The lowest BCUT2D eigenvalue weighted by atomic mass is 9.98. The Morgan fingerprint density at radius 2 is 2.12 bits per heavy atom. The summed E-state index contributed by atoms with van der Waals surface area (Å²) in [5.74, 6) is 0.725. The molecule has 2 heterocycles. The van der Waals surface area contributed by atoms with E-state index in [1.165, 1.54) is 11.6 Å². The second kappa shape index (κ2) is 7.08. The largest absolute Gasteiger partial charge is 0.488 e. The van der Waals surface area contributed by atoms with Gasteiger partial charge >= 0.3 is 0 Å². The molecule has 0 spiro atoms. The van der Waals surface area contributed by atoms with Gasteiger partial charge in [-0.25, -0.2) is 4.39 Å². The van der Waals surface area contributed by atoms with Crippen LogP contribution >= 0.6 is 0 Å². The molecule has 0 fully saturated rings. The first-order valence-corrected chi connectivity index (χ1v) is 9.12. The summed E-state index contributed by atoms with van der Waals surface area (Å²) in [6, 6.07) is 13.1. The lowest BCUT2D eigenvalue weighted by Gasteiger charge is -2.21. The van der Waals surface area contributed by atoms with Crippen molar-refractivity contribution >= 4 is 5.91 Å². The van der Waals surface area contributed by atoms with Crippen LogP contribution in [0.3, 0.4) is 0 Å². The molecule has 2 aliphatic rings. The molecule has 2 aliphatic heterocycles. The van der Waals surface area contributed by atoms with Gasteiger partial charge in [0, 0.05) is 39.0 Å². The minimum atomic E-state index is -0.262. The Labute approximate surface area is 153 Å². The average Bonchev–Trinajstić information content (AvgIpc) is 2.95. The maximum atomic E-state index is 13.7. The van der Waals surface area contributed by atoms with Crippen molar-refractivity contribution in [3.05, 3.63) is 65.0 Å². The van der Waals surface area contributed by atoms with Crippen LogP contribution in [0.5, 0.6) is 5.75 Å². The lowest BCUT2D eigenvalue weighted by molar-refractivity contribution is -0.129. The summed E-state index contributed by atoms with van der Waals surface area (Å²) in [5.41, 5.74) is 3.20. The second-order valence-corrected chi connectivity index (χ2v) is 7.08. The summed E-state index contributed by atoms with van der Waals surface area (Å²) in [6.07, 6.45) is 1.80. The van der Waals surface area contributed by atoms with E-state index in [1.54, 1.807) is 17.9 Å². The highest BCUT2D eigenvalue weighted by atomic mass is 19.1. The number of ether oxygens (including phenoxy) is 1. The molecule has 1 amide bonds. The average molecular weight is 354 g/mol. The van der Waals surface area contributed by atoms with Gasteiger partial charge in [0.25, 0.3) is 0 Å². The van der Waals surface area contributed by atoms with Gasteiger partial charge in [0.2, 0.25) is 5.91 Å². The van der Waals surface area contributed by atoms with Crippen LogP contribution < -0.4 is 10.1 Å². The Morgan fingerprint density at radius 1 is 1.27 bits per heavy atom. The Balaban J connectivity index is 1.48. The van der Waals surface area contributed by atoms with E-state index in [0.717, 1.165) is 36.3 Å². The number of hydrogen-bond acceptors (Lipinski definition) is 3. The van der Waals surface area contributed by atoms with Crippen LogP contribution in [0.4, 0.5) is 4.39 Å². The second-order valence-electron chi connectivity index (χ2n) is 7.08. The predicted octanol–water partition coefficient (Wildman–Crippen LogP) is 3.21. The van der Waals surface area contributed by atoms with Crippen LogP contribution in [0.25, 0.3) is 0 Å². The Bertz CT molecular complexity index is 798. The third-order valence-electron chi connectivity index (χ3n) is 5.28. The number of carbonyl (C=O) groups excluding carboxylic acids is 1. The van der Waals surface area contributed by atoms with E-state index in [1.807, 2.05) is 24.3 Å². The van der Waals surface area contributed by atoms with Crippen LogP contribution in [0, 0.1) is 5.82 Å². The van der Waals surface area contributed by atoms with Gasteiger partial charge in [-0.1, -0.05) is 24.3 Å². The maximum absolute atomic E-state index is 13.7. The van der Waals surface area contributed by atoms with Crippen LogP contribution in [-0.2, 0) is 17.8 Å². The van der Waals surface area contributed by atoms with Crippen molar-refractivity contribution in [2.24, 2.45) is 0 Å². The SMILES string of the molecule is CC(=O)N1CC[C@@H](NC[C@@H]2Cc3ccccc3O2)c2ccc(F)cc2C1. The van der Waals surface area contributed by atoms with Crippen molar-refractivity contribution in [1.29, 1.82) is 0 Å². The standard InChI is InChI=1S/C21H23FN2O2/c1-14(25)24-9-8-20(19-7-6-17(22)10-16(19)13-24)23-12-18-11-15-4-2-3-5-21(15)26-18/h2-7,10,18,20,23H,8-9,11-13H2,1H3/t18-,20+/m0/s1. The van der Waals surface area contributed by atoms with Gasteiger partial charge in [-0.05, 0) is 41.3 Å². The van der Waals surface area contributed by atoms with Crippen molar-refractivity contribution in [1.82, 2.24) is 10.2 Å². The van der Waals surface area contributed by atoms with E-state index in [-0.39, 0.29) is 23.9 Å². The fraction of sp³-hybridized carbons (Fsp3) is 0.381. The Kier molecular flexibility index (Phi) is 4.64. The zero-order valence-electron chi connectivity index (χ0n) is 14.9. The molecule has 1 N–H and O–H groups in total. The molecule has 0 saturated carbocycles. The van der Waals surface area contributed by atoms with E-state index >= 15 is 0 Å². The van der Waals surface area contributed by atoms with Gasteiger partial charge in [-0.2, -0.15) is 0 Å². The first-order chi connectivity index (χ1) is 12.6. The Morgan fingerprint density at radius 3 is 2.92 bits per heavy atom. The highest BCUT2D eigenvalue weighted by Gasteiger charge is 2.27. The van der Waals surface area contributed by atoms with Crippen molar-refractivity contribution in [3.8, 4) is 5.75 Å². The van der Waals surface area contributed by atoms with Gasteiger partial charge in [-0.15, -0.1) is 0 Å². The van der Waals surface area contributed by atoms with Crippen molar-refractivity contribution in [2.45, 2.75) is 38.5 Å². The number of nitrogens with one attached hydrogen (secondary N) is 1. The van der Waals surface area contributed by atoms with Crippen LogP contribution in [0.1, 0.15) is 36.1 Å². The Hall–Kier alpha value is -2.40. The number of benzene rings is 2. The molecular formula is C21H23FN2O2. The number of halogens is 1. The molecule has 0 aliphatic carbocycles. The normalized spacial score (nSPS) is 21.5. The van der Waals surface area contributed by atoms with E-state index in [4.69, 9.17) is 4.74 Å². The van der Waals surface area contributed by atoms with Gasteiger partial charge in [0.15, 0.2) is 0 Å². The first-order valence-electron chi connectivity index (χ1n) is 9.12. The molecule has 0 unspecified atom stereocenters. The molecule has 0 saturated heterocycles. The molecule has 0 radical (unpaired) electrons. The maximum Gasteiger partial charge on any atom is 0.219 e. The van der Waals surface area contributed by atoms with Crippen molar-refractivity contribution in [3.63, 3.8) is 0 Å². The van der Waals surface area contributed by atoms with E-state index in [9.17, 15) is 9.18 Å². The van der Waals surface area contributed by atoms with Crippen molar-refractivity contribution < 1.29 is 13.9 Å². The highest BCUT2D eigenvalue weighted by molar-refractivity contribution is 5.73. The lowest BCUT2D eigenvalue weighted by Crippen LogP contribution is -2.34. The number of para-hydroxylation sites is 1. The molecule has 0 aromatic heterocycles. The summed E-state index contributed by atoms with van der Waals surface area (Å²) in [6.45, 7) is 3.41. The predicted molar refractivity (Wildman–Crippen MR) is 97.4 cm³/mol. The molecule has 0 bridgehead atoms. The van der Waals surface area contributed by atoms with Crippen LogP contribution in [0.15, 0.2) is 42.5 Å². The first kappa shape index (κ1) is 17.0. The van der Waals surface area contributed by atoms with Gasteiger partial charge in [0.1, 0.15) is 17.7 Å². The molecule has 4 rings (SSSR count). The zero-order chi connectivity index (χ0) is 18.1. The van der Waals surface area contributed by atoms with E-state index < -0.39 is 0 Å². The summed E-state index contributed by atoms with van der Waals surface area (Å²) >= 11 is 0. The zero-order valence-corrected chi connectivity index (χ0v) is 14.9. The van der Waals surface area contributed by atoms with Gasteiger partial charge in [-0.3, -0.25) is 4.79 Å². The highest BCUT2D eigenvalue weighted by Crippen LogP contribution is 2.30. The molecule has 2 aromatic rings. The van der Waals surface area contributed by atoms with Crippen LogP contribution in [-0.4, -0.2) is 30.0 Å². The fourth-order valence-electron chi connectivity index (χ4n) is 3.90. The molecule has 136 valence electrons. The van der Waals surface area contributed by atoms with Crippen molar-refractivity contribution in [2.75, 3.05) is 13.1 Å². The minimum Gasteiger partial charge on any atom is -0.488 e. The van der Waals surface area contributed by atoms with Crippen LogP contribution in [0.2, 0.25) is 0 Å². The molecular weight excluding hydrogens is 331 g/mol. The molecule has 2 aromatic carbocycles. The third-order valence-corrected chi connectivity index (χ3v) is 5.28. The number of fused-ring (bicyclic) bond motifs is 2. The molecule has 4 nitrogen and oxygen atoms in total. The van der Waals surface area contributed by atoms with Gasteiger partial charge < -0.3 is 15.0 Å². The summed E-state index contributed by atoms with van der Waals surface area (Å²) < 4.78 is 19.7. The summed E-state index contributed by atoms with van der Waals surface area (Å²) in [4.78, 5) is 13.6. The number of amides is 1. The smallest absolute Gasteiger partial charge is 0.219 e. The van der Waals surface area contributed by atoms with Gasteiger partial charge in [0.05, 0.1) is 0 Å². The van der Waals surface area contributed by atoms with E-state index in [2.05, 4.69) is 11.4 Å².